The lowest BCUT2D eigenvalue weighted by Gasteiger charge is -1.96. The molecule has 1 heterocycles. The minimum Gasteiger partial charge on any atom is -0.481 e. The standard InChI is InChI=1S/C7H9NO2/c9-7(10)3-6-8-4-1-2-5-8/h1-2,4-5H,3,6H2,(H,9,10). The molecule has 1 aromatic rings. The highest BCUT2D eigenvalue weighted by molar-refractivity contribution is 5.66. The molecule has 0 amide bonds. The Balaban J connectivity index is 2.35. The first-order valence-corrected chi connectivity index (χ1v) is 3.11. The van der Waals surface area contributed by atoms with E-state index in [1.165, 1.54) is 0 Å². The molecule has 0 radical (unpaired) electrons. The van der Waals surface area contributed by atoms with Gasteiger partial charge in [-0.15, -0.1) is 0 Å². The average molecular weight is 139 g/mol. The van der Waals surface area contributed by atoms with Crippen molar-refractivity contribution in [2.75, 3.05) is 0 Å². The monoisotopic (exact) mass is 139 g/mol. The van der Waals surface area contributed by atoms with Gasteiger partial charge in [0.05, 0.1) is 6.42 Å². The predicted octanol–water partition coefficient (Wildman–Crippen LogP) is 0.963. The Kier molecular flexibility index (Phi) is 2.10. The van der Waals surface area contributed by atoms with Crippen molar-refractivity contribution in [3.8, 4) is 0 Å². The molecular weight excluding hydrogens is 130 g/mol. The fourth-order valence-electron chi connectivity index (χ4n) is 0.744. The summed E-state index contributed by atoms with van der Waals surface area (Å²) in [4.78, 5) is 10.1. The number of carboxylic acid groups (broad SMARTS) is 1. The van der Waals surface area contributed by atoms with Crippen molar-refractivity contribution >= 4 is 5.97 Å². The normalized spacial score (nSPS) is 9.60. The summed E-state index contributed by atoms with van der Waals surface area (Å²) >= 11 is 0. The van der Waals surface area contributed by atoms with Crippen molar-refractivity contribution in [2.45, 2.75) is 13.0 Å². The van der Waals surface area contributed by atoms with Crippen LogP contribution in [-0.4, -0.2) is 15.6 Å². The van der Waals surface area contributed by atoms with E-state index in [0.29, 0.717) is 6.54 Å². The lowest BCUT2D eigenvalue weighted by Crippen LogP contribution is -2.01. The summed E-state index contributed by atoms with van der Waals surface area (Å²) in [6.07, 6.45) is 3.89. The van der Waals surface area contributed by atoms with Crippen LogP contribution in [0.1, 0.15) is 6.42 Å². The molecular formula is C7H9NO2. The first kappa shape index (κ1) is 6.86. The zero-order chi connectivity index (χ0) is 7.40. The Morgan fingerprint density at radius 3 is 2.50 bits per heavy atom. The number of hydrogen-bond acceptors (Lipinski definition) is 1. The molecule has 0 unspecified atom stereocenters. The SMILES string of the molecule is O=C(O)CCn1cccc1. The highest BCUT2D eigenvalue weighted by Crippen LogP contribution is 1.92. The van der Waals surface area contributed by atoms with Crippen molar-refractivity contribution in [2.24, 2.45) is 0 Å². The number of aliphatic carboxylic acids is 1. The maximum atomic E-state index is 10.1. The van der Waals surface area contributed by atoms with E-state index in [1.54, 1.807) is 0 Å². The number of aryl methyl sites for hydroxylation is 1. The zero-order valence-corrected chi connectivity index (χ0v) is 5.53. The van der Waals surface area contributed by atoms with E-state index < -0.39 is 5.97 Å². The Morgan fingerprint density at radius 2 is 2.00 bits per heavy atom. The molecule has 3 nitrogen and oxygen atoms in total. The Bertz CT molecular complexity index is 203. The first-order chi connectivity index (χ1) is 4.79. The summed E-state index contributed by atoms with van der Waals surface area (Å²) in [6.45, 7) is 0.558. The molecule has 0 aliphatic heterocycles. The molecule has 3 heteroatoms. The topological polar surface area (TPSA) is 42.2 Å². The number of aromatic nitrogens is 1. The molecule has 0 aliphatic carbocycles. The average Bonchev–Trinajstić information content (AvgIpc) is 2.34. The van der Waals surface area contributed by atoms with Crippen molar-refractivity contribution in [1.82, 2.24) is 4.57 Å². The number of carboxylic acids is 1. The quantitative estimate of drug-likeness (QED) is 0.677. The van der Waals surface area contributed by atoms with Crippen molar-refractivity contribution in [1.29, 1.82) is 0 Å². The van der Waals surface area contributed by atoms with Crippen LogP contribution in [0, 0.1) is 0 Å². The largest absolute Gasteiger partial charge is 0.481 e. The second kappa shape index (κ2) is 3.06. The van der Waals surface area contributed by atoms with Gasteiger partial charge in [0.25, 0.3) is 0 Å². The summed E-state index contributed by atoms with van der Waals surface area (Å²) < 4.78 is 1.84. The molecule has 0 fully saturated rings. The van der Waals surface area contributed by atoms with Crippen LogP contribution in [0.4, 0.5) is 0 Å². The predicted molar refractivity (Wildman–Crippen MR) is 36.7 cm³/mol. The van der Waals surface area contributed by atoms with Gasteiger partial charge in [-0.3, -0.25) is 4.79 Å². The van der Waals surface area contributed by atoms with Crippen LogP contribution in [0.3, 0.4) is 0 Å². The fraction of sp³-hybridized carbons (Fsp3) is 0.286. The highest BCUT2D eigenvalue weighted by Gasteiger charge is 1.94. The number of carbonyl (C=O) groups is 1. The Labute approximate surface area is 58.9 Å². The third-order valence-corrected chi connectivity index (χ3v) is 1.25. The lowest BCUT2D eigenvalue weighted by atomic mass is 10.4. The van der Waals surface area contributed by atoms with Crippen LogP contribution >= 0.6 is 0 Å². The number of nitrogens with zero attached hydrogens (tertiary/aromatic N) is 1. The van der Waals surface area contributed by atoms with E-state index in [9.17, 15) is 4.79 Å². The van der Waals surface area contributed by atoms with Crippen LogP contribution < -0.4 is 0 Å². The van der Waals surface area contributed by atoms with Gasteiger partial charge in [0, 0.05) is 18.9 Å². The van der Waals surface area contributed by atoms with Crippen LogP contribution in [0.25, 0.3) is 0 Å². The molecule has 0 atom stereocenters. The molecule has 1 aromatic heterocycles. The van der Waals surface area contributed by atoms with Gasteiger partial charge in [0.1, 0.15) is 0 Å². The van der Waals surface area contributed by atoms with Crippen LogP contribution in [0.15, 0.2) is 24.5 Å². The van der Waals surface area contributed by atoms with Gasteiger partial charge in [-0.1, -0.05) is 0 Å². The minimum absolute atomic E-state index is 0.189. The summed E-state index contributed by atoms with van der Waals surface area (Å²) in [5, 5.41) is 8.30. The molecule has 0 saturated carbocycles. The summed E-state index contributed by atoms with van der Waals surface area (Å²) in [5.74, 6) is -0.756. The van der Waals surface area contributed by atoms with Crippen LogP contribution in [0.2, 0.25) is 0 Å². The maximum absolute atomic E-state index is 10.1. The smallest absolute Gasteiger partial charge is 0.305 e. The van der Waals surface area contributed by atoms with Crippen LogP contribution in [-0.2, 0) is 11.3 Å². The van der Waals surface area contributed by atoms with Gasteiger partial charge >= 0.3 is 5.97 Å². The summed E-state index contributed by atoms with van der Waals surface area (Å²) in [7, 11) is 0. The van der Waals surface area contributed by atoms with E-state index >= 15 is 0 Å². The third-order valence-electron chi connectivity index (χ3n) is 1.25. The lowest BCUT2D eigenvalue weighted by molar-refractivity contribution is -0.137. The maximum Gasteiger partial charge on any atom is 0.305 e. The molecule has 0 bridgehead atoms. The van der Waals surface area contributed by atoms with Crippen molar-refractivity contribution in [3.63, 3.8) is 0 Å². The molecule has 54 valence electrons. The molecule has 0 aromatic carbocycles. The second-order valence-electron chi connectivity index (χ2n) is 2.06. The number of rotatable bonds is 3. The van der Waals surface area contributed by atoms with Gasteiger partial charge in [0.2, 0.25) is 0 Å². The van der Waals surface area contributed by atoms with E-state index in [2.05, 4.69) is 0 Å². The summed E-state index contributed by atoms with van der Waals surface area (Å²) in [5.41, 5.74) is 0. The Morgan fingerprint density at radius 1 is 1.40 bits per heavy atom. The molecule has 0 spiro atoms. The molecule has 0 aliphatic rings. The van der Waals surface area contributed by atoms with Crippen LogP contribution in [0.5, 0.6) is 0 Å². The van der Waals surface area contributed by atoms with Gasteiger partial charge in [0.15, 0.2) is 0 Å². The summed E-state index contributed by atoms with van der Waals surface area (Å²) in [6, 6.07) is 3.75. The van der Waals surface area contributed by atoms with E-state index in [4.69, 9.17) is 5.11 Å². The molecule has 1 rings (SSSR count). The third kappa shape index (κ3) is 1.93. The molecule has 0 saturated heterocycles. The van der Waals surface area contributed by atoms with Gasteiger partial charge < -0.3 is 9.67 Å². The van der Waals surface area contributed by atoms with E-state index in [0.717, 1.165) is 0 Å². The zero-order valence-electron chi connectivity index (χ0n) is 5.53. The van der Waals surface area contributed by atoms with E-state index in [-0.39, 0.29) is 6.42 Å². The molecule has 10 heavy (non-hydrogen) atoms. The van der Waals surface area contributed by atoms with Crippen molar-refractivity contribution in [3.05, 3.63) is 24.5 Å². The first-order valence-electron chi connectivity index (χ1n) is 3.11. The van der Waals surface area contributed by atoms with E-state index in [1.807, 2.05) is 29.1 Å². The highest BCUT2D eigenvalue weighted by atomic mass is 16.4. The van der Waals surface area contributed by atoms with Crippen molar-refractivity contribution < 1.29 is 9.90 Å². The number of hydrogen-bond donors (Lipinski definition) is 1. The second-order valence-corrected chi connectivity index (χ2v) is 2.06. The van der Waals surface area contributed by atoms with Gasteiger partial charge in [-0.05, 0) is 12.1 Å². The minimum atomic E-state index is -0.756. The molecule has 1 N–H and O–H groups in total. The Hall–Kier alpha value is -1.25. The van der Waals surface area contributed by atoms with Gasteiger partial charge in [-0.25, -0.2) is 0 Å². The fourth-order valence-corrected chi connectivity index (χ4v) is 0.744. The van der Waals surface area contributed by atoms with Gasteiger partial charge in [-0.2, -0.15) is 0 Å².